The zero-order valence-corrected chi connectivity index (χ0v) is 8.80. The molecular weight excluding hydrogens is 181 g/mol. The van der Waals surface area contributed by atoms with Crippen molar-refractivity contribution in [2.75, 3.05) is 19.0 Å². The van der Waals surface area contributed by atoms with E-state index in [9.17, 15) is 4.39 Å². The Kier molecular flexibility index (Phi) is 3.74. The van der Waals surface area contributed by atoms with Gasteiger partial charge in [-0.1, -0.05) is 13.8 Å². The van der Waals surface area contributed by atoms with Crippen LogP contribution in [0.3, 0.4) is 0 Å². The number of rotatable bonds is 4. The second-order valence-electron chi connectivity index (χ2n) is 3.63. The van der Waals surface area contributed by atoms with Gasteiger partial charge in [0.2, 0.25) is 0 Å². The van der Waals surface area contributed by atoms with Gasteiger partial charge in [-0.25, -0.2) is 4.39 Å². The largest absolute Gasteiger partial charge is 0.493 e. The highest BCUT2D eigenvalue weighted by Gasteiger charge is 2.01. The van der Waals surface area contributed by atoms with Crippen molar-refractivity contribution in [3.8, 4) is 5.75 Å². The Bertz CT molecular complexity index is 299. The molecule has 2 nitrogen and oxygen atoms in total. The molecule has 1 aromatic carbocycles. The summed E-state index contributed by atoms with van der Waals surface area (Å²) >= 11 is 0. The minimum Gasteiger partial charge on any atom is -0.493 e. The standard InChI is InChI=1S/C11H16FNO/c1-8(2)7-14-11-5-9(12)4-10(6-11)13-3/h4-6,8,13H,7H2,1-3H3. The first kappa shape index (κ1) is 10.8. The van der Waals surface area contributed by atoms with Gasteiger partial charge in [0, 0.05) is 24.9 Å². The van der Waals surface area contributed by atoms with Crippen molar-refractivity contribution >= 4 is 5.69 Å². The molecule has 0 bridgehead atoms. The summed E-state index contributed by atoms with van der Waals surface area (Å²) in [4.78, 5) is 0. The molecule has 0 atom stereocenters. The van der Waals surface area contributed by atoms with Crippen LogP contribution in [0, 0.1) is 11.7 Å². The van der Waals surface area contributed by atoms with E-state index in [1.54, 1.807) is 13.1 Å². The van der Waals surface area contributed by atoms with Crippen LogP contribution in [0.2, 0.25) is 0 Å². The second-order valence-corrected chi connectivity index (χ2v) is 3.63. The monoisotopic (exact) mass is 197 g/mol. The molecule has 1 aromatic rings. The van der Waals surface area contributed by atoms with Crippen LogP contribution in [0.4, 0.5) is 10.1 Å². The fraction of sp³-hybridized carbons (Fsp3) is 0.455. The van der Waals surface area contributed by atoms with Gasteiger partial charge in [-0.2, -0.15) is 0 Å². The molecule has 0 unspecified atom stereocenters. The van der Waals surface area contributed by atoms with Crippen LogP contribution in [-0.4, -0.2) is 13.7 Å². The summed E-state index contributed by atoms with van der Waals surface area (Å²) in [6.45, 7) is 4.71. The fourth-order valence-electron chi connectivity index (χ4n) is 1.05. The number of ether oxygens (including phenoxy) is 1. The Morgan fingerprint density at radius 2 is 2.07 bits per heavy atom. The third-order valence-electron chi connectivity index (χ3n) is 1.74. The van der Waals surface area contributed by atoms with E-state index in [0.29, 0.717) is 18.3 Å². The molecule has 0 spiro atoms. The average molecular weight is 197 g/mol. The van der Waals surface area contributed by atoms with Gasteiger partial charge in [-0.3, -0.25) is 0 Å². The highest BCUT2D eigenvalue weighted by Crippen LogP contribution is 2.20. The summed E-state index contributed by atoms with van der Waals surface area (Å²) in [5, 5.41) is 2.88. The smallest absolute Gasteiger partial charge is 0.128 e. The predicted molar refractivity (Wildman–Crippen MR) is 56.3 cm³/mol. The van der Waals surface area contributed by atoms with Crippen molar-refractivity contribution in [2.24, 2.45) is 5.92 Å². The maximum absolute atomic E-state index is 13.0. The Hall–Kier alpha value is -1.25. The lowest BCUT2D eigenvalue weighted by Gasteiger charge is -2.10. The third-order valence-corrected chi connectivity index (χ3v) is 1.74. The summed E-state index contributed by atoms with van der Waals surface area (Å²) in [6.07, 6.45) is 0. The number of halogens is 1. The molecule has 78 valence electrons. The number of hydrogen-bond acceptors (Lipinski definition) is 2. The van der Waals surface area contributed by atoms with Crippen molar-refractivity contribution < 1.29 is 9.13 Å². The van der Waals surface area contributed by atoms with Crippen molar-refractivity contribution in [2.45, 2.75) is 13.8 Å². The summed E-state index contributed by atoms with van der Waals surface area (Å²) in [6, 6.07) is 4.61. The van der Waals surface area contributed by atoms with Gasteiger partial charge in [-0.15, -0.1) is 0 Å². The quantitative estimate of drug-likeness (QED) is 0.801. The number of benzene rings is 1. The Morgan fingerprint density at radius 3 is 2.64 bits per heavy atom. The zero-order chi connectivity index (χ0) is 10.6. The van der Waals surface area contributed by atoms with Gasteiger partial charge in [-0.05, 0) is 12.0 Å². The van der Waals surface area contributed by atoms with Gasteiger partial charge in [0.1, 0.15) is 11.6 Å². The van der Waals surface area contributed by atoms with E-state index >= 15 is 0 Å². The molecule has 0 aliphatic rings. The van der Waals surface area contributed by atoms with Gasteiger partial charge in [0.25, 0.3) is 0 Å². The van der Waals surface area contributed by atoms with Crippen molar-refractivity contribution in [3.63, 3.8) is 0 Å². The molecule has 0 heterocycles. The van der Waals surface area contributed by atoms with E-state index < -0.39 is 0 Å². The van der Waals surface area contributed by atoms with E-state index in [1.165, 1.54) is 12.1 Å². The van der Waals surface area contributed by atoms with Crippen LogP contribution in [0.25, 0.3) is 0 Å². The minimum atomic E-state index is -0.282. The SMILES string of the molecule is CNc1cc(F)cc(OCC(C)C)c1. The van der Waals surface area contributed by atoms with Crippen LogP contribution in [0.15, 0.2) is 18.2 Å². The highest BCUT2D eigenvalue weighted by atomic mass is 19.1. The maximum Gasteiger partial charge on any atom is 0.128 e. The van der Waals surface area contributed by atoms with E-state index in [4.69, 9.17) is 4.74 Å². The summed E-state index contributed by atoms with van der Waals surface area (Å²) in [7, 11) is 1.75. The molecule has 0 saturated carbocycles. The van der Waals surface area contributed by atoms with Crippen molar-refractivity contribution in [1.82, 2.24) is 0 Å². The van der Waals surface area contributed by atoms with Crippen LogP contribution < -0.4 is 10.1 Å². The summed E-state index contributed by atoms with van der Waals surface area (Å²) in [5.41, 5.74) is 0.726. The number of hydrogen-bond donors (Lipinski definition) is 1. The number of nitrogens with one attached hydrogen (secondary N) is 1. The molecule has 0 saturated heterocycles. The van der Waals surface area contributed by atoms with E-state index in [0.717, 1.165) is 5.69 Å². The third kappa shape index (κ3) is 3.24. The average Bonchev–Trinajstić information content (AvgIpc) is 2.14. The summed E-state index contributed by atoms with van der Waals surface area (Å²) < 4.78 is 18.4. The van der Waals surface area contributed by atoms with E-state index in [1.807, 2.05) is 0 Å². The molecule has 14 heavy (non-hydrogen) atoms. The lowest BCUT2D eigenvalue weighted by molar-refractivity contribution is 0.270. The number of anilines is 1. The molecule has 0 fully saturated rings. The lowest BCUT2D eigenvalue weighted by Crippen LogP contribution is -2.05. The molecule has 0 radical (unpaired) electrons. The topological polar surface area (TPSA) is 21.3 Å². The van der Waals surface area contributed by atoms with Crippen molar-refractivity contribution in [3.05, 3.63) is 24.0 Å². The fourth-order valence-corrected chi connectivity index (χ4v) is 1.05. The molecule has 1 rings (SSSR count). The van der Waals surface area contributed by atoms with Crippen LogP contribution in [-0.2, 0) is 0 Å². The molecule has 0 aliphatic heterocycles. The first-order valence-electron chi connectivity index (χ1n) is 4.73. The molecule has 0 aliphatic carbocycles. The molecule has 0 aromatic heterocycles. The normalized spacial score (nSPS) is 10.4. The molecular formula is C11H16FNO. The Labute approximate surface area is 84.1 Å². The van der Waals surface area contributed by atoms with Gasteiger partial charge < -0.3 is 10.1 Å². The predicted octanol–water partition coefficient (Wildman–Crippen LogP) is 2.90. The van der Waals surface area contributed by atoms with Gasteiger partial charge >= 0.3 is 0 Å². The Balaban J connectivity index is 2.71. The van der Waals surface area contributed by atoms with Gasteiger partial charge in [0.05, 0.1) is 6.61 Å². The first-order chi connectivity index (χ1) is 6.61. The Morgan fingerprint density at radius 1 is 1.36 bits per heavy atom. The van der Waals surface area contributed by atoms with Gasteiger partial charge in [0.15, 0.2) is 0 Å². The lowest BCUT2D eigenvalue weighted by atomic mass is 10.2. The molecule has 1 N–H and O–H groups in total. The highest BCUT2D eigenvalue weighted by molar-refractivity contribution is 5.48. The van der Waals surface area contributed by atoms with Crippen LogP contribution >= 0.6 is 0 Å². The van der Waals surface area contributed by atoms with E-state index in [2.05, 4.69) is 19.2 Å². The maximum atomic E-state index is 13.0. The molecule has 0 amide bonds. The zero-order valence-electron chi connectivity index (χ0n) is 8.80. The minimum absolute atomic E-state index is 0.282. The first-order valence-corrected chi connectivity index (χ1v) is 4.73. The molecule has 3 heteroatoms. The summed E-state index contributed by atoms with van der Waals surface area (Å²) in [5.74, 6) is 0.731. The van der Waals surface area contributed by atoms with Crippen LogP contribution in [0.5, 0.6) is 5.75 Å². The van der Waals surface area contributed by atoms with Crippen molar-refractivity contribution in [1.29, 1.82) is 0 Å². The van der Waals surface area contributed by atoms with E-state index in [-0.39, 0.29) is 5.82 Å². The van der Waals surface area contributed by atoms with Crippen LogP contribution in [0.1, 0.15) is 13.8 Å². The second kappa shape index (κ2) is 4.84.